The Hall–Kier alpha value is -2.81. The van der Waals surface area contributed by atoms with Crippen molar-refractivity contribution in [3.63, 3.8) is 0 Å². The number of carboxylic acid groups (broad SMARTS) is 1. The smallest absolute Gasteiger partial charge is 0.405 e. The van der Waals surface area contributed by atoms with Crippen LogP contribution in [0, 0.1) is 0 Å². The molecule has 2 aromatic rings. The van der Waals surface area contributed by atoms with E-state index in [0.29, 0.717) is 4.47 Å². The number of carbonyl (C=O) groups is 3. The predicted octanol–water partition coefficient (Wildman–Crippen LogP) is 2.47. The number of aromatic nitrogens is 1. The summed E-state index contributed by atoms with van der Waals surface area (Å²) in [5.74, 6) is -0.988. The lowest BCUT2D eigenvalue weighted by atomic mass is 10.1. The third-order valence-corrected chi connectivity index (χ3v) is 4.30. The summed E-state index contributed by atoms with van der Waals surface area (Å²) in [4.78, 5) is 35.3. The van der Waals surface area contributed by atoms with Gasteiger partial charge in [0.15, 0.2) is 0 Å². The average molecular weight is 423 g/mol. The van der Waals surface area contributed by atoms with Gasteiger partial charge >= 0.3 is 6.09 Å². The number of nitrogens with one attached hydrogen (secondary N) is 3. The minimum Gasteiger partial charge on any atom is -0.465 e. The number of benzene rings is 1. The number of rotatable bonds is 6. The summed E-state index contributed by atoms with van der Waals surface area (Å²) in [7, 11) is 0. The van der Waals surface area contributed by atoms with Crippen molar-refractivity contribution in [2.24, 2.45) is 0 Å². The summed E-state index contributed by atoms with van der Waals surface area (Å²) in [5.41, 5.74) is 3.63. The van der Waals surface area contributed by atoms with Gasteiger partial charge in [-0.3, -0.25) is 19.7 Å². The Balaban J connectivity index is 2.12. The third-order valence-electron chi connectivity index (χ3n) is 3.66. The van der Waals surface area contributed by atoms with Crippen LogP contribution in [0.5, 0.6) is 0 Å². The maximum Gasteiger partial charge on any atom is 0.405 e. The number of nitrogens with zero attached hydrogens (tertiary/aromatic N) is 1. The fourth-order valence-corrected chi connectivity index (χ4v) is 2.77. The maximum absolute atomic E-state index is 12.6. The molecule has 9 heteroatoms. The summed E-state index contributed by atoms with van der Waals surface area (Å²) < 4.78 is 1.74. The fourth-order valence-electron chi connectivity index (χ4n) is 2.28. The Labute approximate surface area is 158 Å². The number of amides is 3. The second-order valence-electron chi connectivity index (χ2n) is 5.64. The van der Waals surface area contributed by atoms with E-state index >= 15 is 0 Å². The summed E-state index contributed by atoms with van der Waals surface area (Å²) >= 11 is 3.29. The summed E-state index contributed by atoms with van der Waals surface area (Å²) in [6.45, 7) is 3.26. The highest BCUT2D eigenvalue weighted by molar-refractivity contribution is 9.10. The van der Waals surface area contributed by atoms with Gasteiger partial charge in [0.25, 0.3) is 11.8 Å². The van der Waals surface area contributed by atoms with Crippen LogP contribution < -0.4 is 16.1 Å². The molecule has 0 spiro atoms. The Morgan fingerprint density at radius 2 is 1.73 bits per heavy atom. The van der Waals surface area contributed by atoms with Crippen molar-refractivity contribution < 1.29 is 19.5 Å². The first-order valence-electron chi connectivity index (χ1n) is 7.82. The van der Waals surface area contributed by atoms with Gasteiger partial charge < -0.3 is 15.7 Å². The first-order valence-corrected chi connectivity index (χ1v) is 8.62. The van der Waals surface area contributed by atoms with Crippen LogP contribution in [-0.4, -0.2) is 33.7 Å². The molecule has 0 aliphatic carbocycles. The maximum atomic E-state index is 12.6. The second kappa shape index (κ2) is 8.52. The largest absolute Gasteiger partial charge is 0.465 e. The van der Waals surface area contributed by atoms with E-state index < -0.39 is 23.9 Å². The molecule has 1 aromatic carbocycles. The van der Waals surface area contributed by atoms with Crippen molar-refractivity contribution in [1.82, 2.24) is 15.3 Å². The number of hydrogen-bond donors (Lipinski definition) is 4. The third kappa shape index (κ3) is 4.85. The lowest BCUT2D eigenvalue weighted by molar-refractivity contribution is -0.118. The molecule has 3 amide bonds. The van der Waals surface area contributed by atoms with Crippen LogP contribution in [0.2, 0.25) is 0 Å². The molecule has 8 nitrogen and oxygen atoms in total. The summed E-state index contributed by atoms with van der Waals surface area (Å²) in [6.07, 6.45) is 0.188. The zero-order valence-corrected chi connectivity index (χ0v) is 15.8. The highest BCUT2D eigenvalue weighted by atomic mass is 79.9. The van der Waals surface area contributed by atoms with Gasteiger partial charge in [-0.2, -0.15) is 0 Å². The molecule has 2 atom stereocenters. The summed E-state index contributed by atoms with van der Waals surface area (Å²) in [6, 6.07) is 9.86. The molecule has 0 bridgehead atoms. The Kier molecular flexibility index (Phi) is 6.40. The van der Waals surface area contributed by atoms with Gasteiger partial charge in [0.1, 0.15) is 11.7 Å². The second-order valence-corrected chi connectivity index (χ2v) is 6.49. The lowest BCUT2D eigenvalue weighted by Crippen LogP contribution is -2.44. The molecule has 0 unspecified atom stereocenters. The number of carbonyl (C=O) groups excluding carboxylic acids is 2. The first-order chi connectivity index (χ1) is 12.3. The summed E-state index contributed by atoms with van der Waals surface area (Å²) in [5, 5.41) is 13.6. The molecular formula is C17H19BrN4O4. The van der Waals surface area contributed by atoms with Crippen molar-refractivity contribution in [2.75, 3.05) is 5.43 Å². The Morgan fingerprint density at radius 3 is 2.35 bits per heavy atom. The van der Waals surface area contributed by atoms with E-state index in [0.717, 1.165) is 5.56 Å². The van der Waals surface area contributed by atoms with Crippen LogP contribution >= 0.6 is 15.9 Å². The highest BCUT2D eigenvalue weighted by Crippen LogP contribution is 2.19. The van der Waals surface area contributed by atoms with Crippen LogP contribution in [0.1, 0.15) is 35.9 Å². The molecule has 1 heterocycles. The van der Waals surface area contributed by atoms with Crippen LogP contribution in [0.3, 0.4) is 0 Å². The molecule has 1 aromatic heterocycles. The van der Waals surface area contributed by atoms with Crippen LogP contribution in [-0.2, 0) is 4.79 Å². The molecule has 138 valence electrons. The van der Waals surface area contributed by atoms with Gasteiger partial charge in [-0.15, -0.1) is 0 Å². The topological polar surface area (TPSA) is 112 Å². The Morgan fingerprint density at radius 1 is 1.08 bits per heavy atom. The average Bonchev–Trinajstić information content (AvgIpc) is 2.95. The van der Waals surface area contributed by atoms with E-state index in [1.165, 1.54) is 17.8 Å². The quantitative estimate of drug-likeness (QED) is 0.572. The number of hydrogen-bond acceptors (Lipinski definition) is 3. The predicted molar refractivity (Wildman–Crippen MR) is 99.4 cm³/mol. The van der Waals surface area contributed by atoms with E-state index in [2.05, 4.69) is 32.0 Å². The highest BCUT2D eigenvalue weighted by Gasteiger charge is 2.21. The van der Waals surface area contributed by atoms with Gasteiger partial charge in [0.2, 0.25) is 0 Å². The van der Waals surface area contributed by atoms with E-state index in [1.54, 1.807) is 6.07 Å². The van der Waals surface area contributed by atoms with E-state index in [9.17, 15) is 14.4 Å². The van der Waals surface area contributed by atoms with Crippen LogP contribution in [0.4, 0.5) is 4.79 Å². The Bertz CT molecular complexity index is 806. The van der Waals surface area contributed by atoms with Gasteiger partial charge in [0.05, 0.1) is 10.5 Å². The molecule has 0 aliphatic heterocycles. The molecule has 26 heavy (non-hydrogen) atoms. The van der Waals surface area contributed by atoms with Gasteiger partial charge in [-0.1, -0.05) is 30.3 Å². The molecule has 2 rings (SSSR count). The molecule has 0 fully saturated rings. The van der Waals surface area contributed by atoms with Crippen molar-refractivity contribution in [3.8, 4) is 0 Å². The zero-order chi connectivity index (χ0) is 19.3. The van der Waals surface area contributed by atoms with Gasteiger partial charge in [-0.25, -0.2) is 4.79 Å². The minimum atomic E-state index is -1.31. The molecule has 0 saturated carbocycles. The first kappa shape index (κ1) is 19.5. The van der Waals surface area contributed by atoms with Crippen LogP contribution in [0.15, 0.2) is 47.1 Å². The van der Waals surface area contributed by atoms with Gasteiger partial charge in [0, 0.05) is 6.20 Å². The molecular weight excluding hydrogens is 404 g/mol. The monoisotopic (exact) mass is 422 g/mol. The van der Waals surface area contributed by atoms with Crippen molar-refractivity contribution in [2.45, 2.75) is 25.9 Å². The fraction of sp³-hybridized carbons (Fsp3) is 0.235. The normalized spacial score (nSPS) is 12.7. The van der Waals surface area contributed by atoms with Crippen molar-refractivity contribution >= 4 is 33.8 Å². The number of halogens is 1. The minimum absolute atomic E-state index is 0.198. The SMILES string of the molecule is C[C@H](NC(=O)O)C(=O)Nn1ccc(Br)c1C(=O)N[C@H](C)c1ccccc1. The lowest BCUT2D eigenvalue weighted by Gasteiger charge is -2.17. The molecule has 0 radical (unpaired) electrons. The van der Waals surface area contributed by atoms with Crippen molar-refractivity contribution in [3.05, 3.63) is 58.3 Å². The molecule has 0 saturated heterocycles. The zero-order valence-electron chi connectivity index (χ0n) is 14.2. The van der Waals surface area contributed by atoms with Crippen LogP contribution in [0.25, 0.3) is 0 Å². The molecule has 4 N–H and O–H groups in total. The van der Waals surface area contributed by atoms with E-state index in [1.807, 2.05) is 37.3 Å². The van der Waals surface area contributed by atoms with Crippen molar-refractivity contribution in [1.29, 1.82) is 0 Å². The van der Waals surface area contributed by atoms with E-state index in [4.69, 9.17) is 5.11 Å². The standard InChI is InChI=1S/C17H19BrN4O4/c1-10(12-6-4-3-5-7-12)19-16(24)14-13(18)8-9-22(14)21-15(23)11(2)20-17(25)26/h3-11,20H,1-2H3,(H,19,24)(H,21,23)(H,25,26)/t10-,11+/m1/s1. The van der Waals surface area contributed by atoms with Gasteiger partial charge in [-0.05, 0) is 41.4 Å². The molecule has 0 aliphatic rings. The van der Waals surface area contributed by atoms with E-state index in [-0.39, 0.29) is 11.7 Å².